The van der Waals surface area contributed by atoms with Crippen molar-refractivity contribution in [2.24, 2.45) is 4.99 Å². The van der Waals surface area contributed by atoms with E-state index in [4.69, 9.17) is 4.74 Å². The van der Waals surface area contributed by atoms with Crippen LogP contribution in [0.5, 0.6) is 0 Å². The van der Waals surface area contributed by atoms with Gasteiger partial charge in [-0.1, -0.05) is 18.2 Å². The lowest BCUT2D eigenvalue weighted by Gasteiger charge is -2.19. The van der Waals surface area contributed by atoms with Gasteiger partial charge in [-0.05, 0) is 26.8 Å². The molecule has 6 heteroatoms. The standard InChI is InChI=1S/C16H16N2O4/c1-16(2,3)22-15(21)18-9-12(14(20)8-17-10-19)11-6-4-5-7-13(11)18/h4-7,9H,8H2,1-3H3. The number of fused-ring (bicyclic) bond motifs is 1. The molecular formula is C16H16N2O4. The average Bonchev–Trinajstić information content (AvgIpc) is 2.82. The third-order valence-corrected chi connectivity index (χ3v) is 2.89. The van der Waals surface area contributed by atoms with Crippen LogP contribution in [0, 0.1) is 0 Å². The Bertz CT molecular complexity index is 777. The number of ether oxygens (including phenoxy) is 1. The molecule has 0 saturated heterocycles. The van der Waals surface area contributed by atoms with Crippen LogP contribution >= 0.6 is 0 Å². The second kappa shape index (κ2) is 5.95. The number of isocyanates is 1. The number of aliphatic imine (C=N–C) groups is 1. The van der Waals surface area contributed by atoms with Crippen LogP contribution in [0.1, 0.15) is 31.1 Å². The smallest absolute Gasteiger partial charge is 0.419 e. The Morgan fingerprint density at radius 2 is 1.95 bits per heavy atom. The summed E-state index contributed by atoms with van der Waals surface area (Å²) in [5, 5.41) is 0.611. The number of hydrogen-bond acceptors (Lipinski definition) is 5. The highest BCUT2D eigenvalue weighted by atomic mass is 16.6. The van der Waals surface area contributed by atoms with Crippen LogP contribution in [0.15, 0.2) is 35.5 Å². The summed E-state index contributed by atoms with van der Waals surface area (Å²) < 4.78 is 6.62. The maximum atomic E-state index is 12.3. The lowest BCUT2D eigenvalue weighted by molar-refractivity contribution is 0.0544. The van der Waals surface area contributed by atoms with Crippen molar-refractivity contribution in [3.05, 3.63) is 36.0 Å². The molecule has 0 N–H and O–H groups in total. The summed E-state index contributed by atoms with van der Waals surface area (Å²) in [6.45, 7) is 5.00. The highest BCUT2D eigenvalue weighted by Crippen LogP contribution is 2.23. The highest BCUT2D eigenvalue weighted by molar-refractivity contribution is 6.10. The van der Waals surface area contributed by atoms with Gasteiger partial charge in [-0.15, -0.1) is 0 Å². The molecule has 2 aromatic rings. The molecule has 1 aromatic heterocycles. The van der Waals surface area contributed by atoms with Gasteiger partial charge < -0.3 is 4.74 Å². The normalized spacial score (nSPS) is 11.0. The number of hydrogen-bond donors (Lipinski definition) is 0. The van der Waals surface area contributed by atoms with Crippen molar-refractivity contribution in [2.75, 3.05) is 6.54 Å². The van der Waals surface area contributed by atoms with Crippen LogP contribution in [-0.2, 0) is 9.53 Å². The SMILES string of the molecule is CC(C)(C)OC(=O)n1cc(C(=O)CN=C=O)c2ccccc21. The average molecular weight is 300 g/mol. The van der Waals surface area contributed by atoms with E-state index in [1.807, 2.05) is 0 Å². The summed E-state index contributed by atoms with van der Waals surface area (Å²) in [5.41, 5.74) is 0.240. The molecule has 0 saturated carbocycles. The fourth-order valence-electron chi connectivity index (χ4n) is 2.05. The second-order valence-electron chi connectivity index (χ2n) is 5.74. The van der Waals surface area contributed by atoms with E-state index in [2.05, 4.69) is 4.99 Å². The first-order valence-corrected chi connectivity index (χ1v) is 6.74. The molecule has 1 aromatic carbocycles. The van der Waals surface area contributed by atoms with Gasteiger partial charge in [0.15, 0.2) is 5.78 Å². The maximum absolute atomic E-state index is 12.3. The summed E-state index contributed by atoms with van der Waals surface area (Å²) >= 11 is 0. The zero-order valence-corrected chi connectivity index (χ0v) is 12.6. The molecule has 2 rings (SSSR count). The summed E-state index contributed by atoms with van der Waals surface area (Å²) in [6, 6.07) is 6.98. The van der Waals surface area contributed by atoms with Crippen LogP contribution < -0.4 is 0 Å². The van der Waals surface area contributed by atoms with Gasteiger partial charge in [-0.3, -0.25) is 9.36 Å². The van der Waals surface area contributed by atoms with E-state index >= 15 is 0 Å². The van der Waals surface area contributed by atoms with Crippen molar-refractivity contribution in [1.82, 2.24) is 4.57 Å². The molecule has 0 spiro atoms. The minimum absolute atomic E-state index is 0.300. The minimum atomic E-state index is -0.644. The zero-order valence-electron chi connectivity index (χ0n) is 12.6. The molecule has 1 heterocycles. The minimum Gasteiger partial charge on any atom is -0.443 e. The fraction of sp³-hybridized carbons (Fsp3) is 0.312. The number of para-hydroxylation sites is 1. The molecule has 6 nitrogen and oxygen atoms in total. The van der Waals surface area contributed by atoms with E-state index < -0.39 is 11.7 Å². The molecule has 0 aliphatic carbocycles. The number of rotatable bonds is 3. The number of carbonyl (C=O) groups is 2. The van der Waals surface area contributed by atoms with Crippen molar-refractivity contribution in [3.8, 4) is 0 Å². The summed E-state index contributed by atoms with van der Waals surface area (Å²) in [5.74, 6) is -0.359. The van der Waals surface area contributed by atoms with Crippen LogP contribution in [0.4, 0.5) is 4.79 Å². The van der Waals surface area contributed by atoms with Crippen molar-refractivity contribution in [2.45, 2.75) is 26.4 Å². The second-order valence-corrected chi connectivity index (χ2v) is 5.74. The topological polar surface area (TPSA) is 77.7 Å². The Morgan fingerprint density at radius 1 is 1.27 bits per heavy atom. The van der Waals surface area contributed by atoms with Gasteiger partial charge in [0.2, 0.25) is 6.08 Å². The van der Waals surface area contributed by atoms with Gasteiger partial charge in [0.05, 0.1) is 5.52 Å². The van der Waals surface area contributed by atoms with Gasteiger partial charge in [-0.2, -0.15) is 4.99 Å². The lowest BCUT2D eigenvalue weighted by Crippen LogP contribution is -2.26. The summed E-state index contributed by atoms with van der Waals surface area (Å²) in [4.78, 5) is 37.8. The number of aromatic nitrogens is 1. The van der Waals surface area contributed by atoms with Crippen molar-refractivity contribution >= 4 is 28.9 Å². The molecule has 0 bridgehead atoms. The van der Waals surface area contributed by atoms with E-state index in [-0.39, 0.29) is 12.3 Å². The predicted molar refractivity (Wildman–Crippen MR) is 80.9 cm³/mol. The van der Waals surface area contributed by atoms with Gasteiger partial charge in [-0.25, -0.2) is 9.59 Å². The predicted octanol–water partition coefficient (Wildman–Crippen LogP) is 2.94. The van der Waals surface area contributed by atoms with Crippen LogP contribution in [-0.4, -0.2) is 34.7 Å². The number of benzene rings is 1. The third-order valence-electron chi connectivity index (χ3n) is 2.89. The van der Waals surface area contributed by atoms with Gasteiger partial charge >= 0.3 is 6.09 Å². The van der Waals surface area contributed by atoms with E-state index in [1.54, 1.807) is 45.0 Å². The van der Waals surface area contributed by atoms with Gasteiger partial charge in [0.25, 0.3) is 0 Å². The third kappa shape index (κ3) is 3.30. The quantitative estimate of drug-likeness (QED) is 0.496. The molecule has 0 amide bonds. The molecule has 0 atom stereocenters. The number of carbonyl (C=O) groups excluding carboxylic acids is 3. The Kier molecular flexibility index (Phi) is 4.24. The first kappa shape index (κ1) is 15.7. The fourth-order valence-corrected chi connectivity index (χ4v) is 2.05. The van der Waals surface area contributed by atoms with Crippen molar-refractivity contribution < 1.29 is 19.1 Å². The maximum Gasteiger partial charge on any atom is 0.419 e. The molecule has 114 valence electrons. The van der Waals surface area contributed by atoms with E-state index in [9.17, 15) is 14.4 Å². The van der Waals surface area contributed by atoms with Crippen molar-refractivity contribution in [3.63, 3.8) is 0 Å². The van der Waals surface area contributed by atoms with Crippen LogP contribution in [0.3, 0.4) is 0 Å². The molecular weight excluding hydrogens is 284 g/mol. The number of nitrogens with zero attached hydrogens (tertiary/aromatic N) is 2. The number of ketones is 1. The van der Waals surface area contributed by atoms with Crippen LogP contribution in [0.25, 0.3) is 10.9 Å². The Hall–Kier alpha value is -2.72. The molecule has 0 aliphatic heterocycles. The first-order chi connectivity index (χ1) is 10.3. The van der Waals surface area contributed by atoms with E-state index in [0.717, 1.165) is 0 Å². The highest BCUT2D eigenvalue weighted by Gasteiger charge is 2.22. The lowest BCUT2D eigenvalue weighted by atomic mass is 10.1. The summed E-state index contributed by atoms with van der Waals surface area (Å²) in [7, 11) is 0. The molecule has 0 radical (unpaired) electrons. The monoisotopic (exact) mass is 300 g/mol. The zero-order chi connectivity index (χ0) is 16.3. The summed E-state index contributed by atoms with van der Waals surface area (Å²) in [6.07, 6.45) is 2.18. The largest absolute Gasteiger partial charge is 0.443 e. The Labute approximate surface area is 127 Å². The molecule has 0 aliphatic rings. The first-order valence-electron chi connectivity index (χ1n) is 6.74. The van der Waals surface area contributed by atoms with E-state index in [1.165, 1.54) is 16.8 Å². The Balaban J connectivity index is 2.50. The van der Waals surface area contributed by atoms with Gasteiger partial charge in [0, 0.05) is 17.1 Å². The van der Waals surface area contributed by atoms with Crippen molar-refractivity contribution in [1.29, 1.82) is 0 Å². The van der Waals surface area contributed by atoms with E-state index in [0.29, 0.717) is 16.5 Å². The Morgan fingerprint density at radius 3 is 2.59 bits per heavy atom. The van der Waals surface area contributed by atoms with Gasteiger partial charge in [0.1, 0.15) is 12.1 Å². The number of Topliss-reactive ketones (excluding diaryl/α,β-unsaturated/α-hetero) is 1. The van der Waals surface area contributed by atoms with Crippen LogP contribution in [0.2, 0.25) is 0 Å². The molecule has 0 fully saturated rings. The molecule has 22 heavy (non-hydrogen) atoms. The molecule has 0 unspecified atom stereocenters.